The lowest BCUT2D eigenvalue weighted by Gasteiger charge is -2.19. The third-order valence-corrected chi connectivity index (χ3v) is 4.92. The summed E-state index contributed by atoms with van der Waals surface area (Å²) in [6.07, 6.45) is 0. The Kier molecular flexibility index (Phi) is 4.03. The van der Waals surface area contributed by atoms with E-state index in [9.17, 15) is 14.4 Å². The Bertz CT molecular complexity index is 1100. The average Bonchev–Trinajstić information content (AvgIpc) is 3.05. The monoisotopic (exact) mass is 361 g/mol. The van der Waals surface area contributed by atoms with E-state index < -0.39 is 0 Å². The van der Waals surface area contributed by atoms with Crippen LogP contribution in [-0.4, -0.2) is 29.1 Å². The van der Waals surface area contributed by atoms with E-state index in [1.54, 1.807) is 30.3 Å². The van der Waals surface area contributed by atoms with Crippen LogP contribution in [0.25, 0.3) is 10.9 Å². The Hall–Kier alpha value is -3.41. The minimum absolute atomic E-state index is 0.0567. The van der Waals surface area contributed by atoms with Crippen LogP contribution < -0.4 is 10.6 Å². The number of benzene rings is 2. The first kappa shape index (κ1) is 17.0. The van der Waals surface area contributed by atoms with Crippen molar-refractivity contribution in [2.75, 3.05) is 11.9 Å². The summed E-state index contributed by atoms with van der Waals surface area (Å²) in [6, 6.07) is 12.2. The molecule has 0 radical (unpaired) electrons. The van der Waals surface area contributed by atoms with Gasteiger partial charge in [-0.1, -0.05) is 19.1 Å². The van der Waals surface area contributed by atoms with Crippen molar-refractivity contribution in [3.05, 3.63) is 64.8 Å². The van der Waals surface area contributed by atoms with Gasteiger partial charge >= 0.3 is 0 Å². The van der Waals surface area contributed by atoms with Gasteiger partial charge in [0.15, 0.2) is 5.78 Å². The fourth-order valence-corrected chi connectivity index (χ4v) is 3.50. The van der Waals surface area contributed by atoms with Gasteiger partial charge < -0.3 is 15.6 Å². The van der Waals surface area contributed by atoms with Crippen LogP contribution in [0.15, 0.2) is 42.5 Å². The molecule has 2 heterocycles. The third kappa shape index (κ3) is 2.99. The van der Waals surface area contributed by atoms with Crippen LogP contribution in [0, 0.1) is 0 Å². The standard InChI is InChI=1S/C21H19N3O3/c1-11-10-22-21(27)19-18(11)16-9-14(6-7-17(16)24-19)20(26)23-15-5-3-4-13(8-15)12(2)25/h3-9,11,24H,10H2,1-2H3,(H,22,27)(H,23,26). The number of carbonyl (C=O) groups is 3. The Morgan fingerprint density at radius 1 is 1.11 bits per heavy atom. The maximum absolute atomic E-state index is 12.7. The molecule has 1 aliphatic heterocycles. The summed E-state index contributed by atoms with van der Waals surface area (Å²) in [5.74, 6) is -0.275. The number of rotatable bonds is 3. The zero-order valence-corrected chi connectivity index (χ0v) is 15.1. The topological polar surface area (TPSA) is 91.1 Å². The molecule has 1 atom stereocenters. The van der Waals surface area contributed by atoms with Crippen LogP contribution >= 0.6 is 0 Å². The van der Waals surface area contributed by atoms with E-state index >= 15 is 0 Å². The summed E-state index contributed by atoms with van der Waals surface area (Å²) in [7, 11) is 0. The fraction of sp³-hybridized carbons (Fsp3) is 0.190. The predicted molar refractivity (Wildman–Crippen MR) is 103 cm³/mol. The zero-order valence-electron chi connectivity index (χ0n) is 15.1. The third-order valence-electron chi connectivity index (χ3n) is 4.92. The average molecular weight is 361 g/mol. The van der Waals surface area contributed by atoms with Crippen LogP contribution in [0.2, 0.25) is 0 Å². The van der Waals surface area contributed by atoms with Crippen molar-refractivity contribution in [1.29, 1.82) is 0 Å². The first-order valence-electron chi connectivity index (χ1n) is 8.80. The molecule has 0 saturated carbocycles. The van der Waals surface area contributed by atoms with E-state index in [0.717, 1.165) is 16.5 Å². The van der Waals surface area contributed by atoms with Crippen molar-refractivity contribution in [3.8, 4) is 0 Å². The van der Waals surface area contributed by atoms with Crippen molar-refractivity contribution in [2.24, 2.45) is 0 Å². The first-order chi connectivity index (χ1) is 12.9. The minimum atomic E-state index is -0.263. The van der Waals surface area contributed by atoms with Crippen molar-refractivity contribution in [1.82, 2.24) is 10.3 Å². The van der Waals surface area contributed by atoms with Gasteiger partial charge in [0.2, 0.25) is 0 Å². The molecular weight excluding hydrogens is 342 g/mol. The number of hydrogen-bond acceptors (Lipinski definition) is 3. The van der Waals surface area contributed by atoms with Gasteiger partial charge in [0.25, 0.3) is 11.8 Å². The number of aromatic nitrogens is 1. The van der Waals surface area contributed by atoms with Gasteiger partial charge in [0, 0.05) is 40.2 Å². The number of anilines is 1. The molecule has 6 nitrogen and oxygen atoms in total. The summed E-state index contributed by atoms with van der Waals surface area (Å²) in [6.45, 7) is 4.11. The maximum Gasteiger partial charge on any atom is 0.268 e. The predicted octanol–water partition coefficient (Wildman–Crippen LogP) is 3.47. The second-order valence-electron chi connectivity index (χ2n) is 6.88. The van der Waals surface area contributed by atoms with Gasteiger partial charge in [-0.05, 0) is 42.8 Å². The first-order valence-corrected chi connectivity index (χ1v) is 8.80. The number of nitrogens with one attached hydrogen (secondary N) is 3. The summed E-state index contributed by atoms with van der Waals surface area (Å²) in [5.41, 5.74) is 3.95. The molecule has 2 amide bonds. The fourth-order valence-electron chi connectivity index (χ4n) is 3.50. The number of H-pyrrole nitrogens is 1. The van der Waals surface area contributed by atoms with Gasteiger partial charge in [0.05, 0.1) is 0 Å². The molecule has 2 aromatic carbocycles. The van der Waals surface area contributed by atoms with Crippen LogP contribution in [0.5, 0.6) is 0 Å². The number of Topliss-reactive ketones (excluding diaryl/α,β-unsaturated/α-hetero) is 1. The summed E-state index contributed by atoms with van der Waals surface area (Å²) < 4.78 is 0. The Morgan fingerprint density at radius 2 is 1.93 bits per heavy atom. The second kappa shape index (κ2) is 6.39. The van der Waals surface area contributed by atoms with Gasteiger partial charge in [0.1, 0.15) is 5.69 Å². The van der Waals surface area contributed by atoms with E-state index in [1.165, 1.54) is 6.92 Å². The molecule has 3 aromatic rings. The summed E-state index contributed by atoms with van der Waals surface area (Å²) in [4.78, 5) is 39.5. The van der Waals surface area contributed by atoms with Crippen molar-refractivity contribution in [2.45, 2.75) is 19.8 Å². The molecule has 0 saturated heterocycles. The molecule has 3 N–H and O–H groups in total. The van der Waals surface area contributed by atoms with E-state index in [0.29, 0.717) is 29.1 Å². The van der Waals surface area contributed by atoms with E-state index in [1.807, 2.05) is 19.1 Å². The molecule has 0 bridgehead atoms. The molecule has 4 rings (SSSR count). The van der Waals surface area contributed by atoms with Crippen LogP contribution in [0.1, 0.15) is 56.5 Å². The van der Waals surface area contributed by atoms with Crippen molar-refractivity contribution >= 4 is 34.2 Å². The van der Waals surface area contributed by atoms with Crippen molar-refractivity contribution in [3.63, 3.8) is 0 Å². The number of ketones is 1. The summed E-state index contributed by atoms with van der Waals surface area (Å²) >= 11 is 0. The van der Waals surface area contributed by atoms with E-state index in [2.05, 4.69) is 15.6 Å². The zero-order chi connectivity index (χ0) is 19.1. The highest BCUT2D eigenvalue weighted by molar-refractivity contribution is 6.09. The molecule has 136 valence electrons. The second-order valence-corrected chi connectivity index (χ2v) is 6.88. The normalized spacial score (nSPS) is 15.9. The minimum Gasteiger partial charge on any atom is -0.350 e. The lowest BCUT2D eigenvalue weighted by molar-refractivity contribution is 0.0936. The molecule has 6 heteroatoms. The van der Waals surface area contributed by atoms with Gasteiger partial charge in [-0.15, -0.1) is 0 Å². The number of hydrogen-bond donors (Lipinski definition) is 3. The van der Waals surface area contributed by atoms with Crippen molar-refractivity contribution < 1.29 is 14.4 Å². The number of fused-ring (bicyclic) bond motifs is 3. The van der Waals surface area contributed by atoms with Gasteiger partial charge in [-0.3, -0.25) is 14.4 Å². The quantitative estimate of drug-likeness (QED) is 0.624. The highest BCUT2D eigenvalue weighted by Crippen LogP contribution is 2.32. The smallest absolute Gasteiger partial charge is 0.268 e. The molecular formula is C21H19N3O3. The Balaban J connectivity index is 1.69. The molecule has 27 heavy (non-hydrogen) atoms. The van der Waals surface area contributed by atoms with E-state index in [4.69, 9.17) is 0 Å². The Morgan fingerprint density at radius 3 is 2.70 bits per heavy atom. The number of amides is 2. The van der Waals surface area contributed by atoms with Crippen LogP contribution in [0.3, 0.4) is 0 Å². The lowest BCUT2D eigenvalue weighted by atomic mass is 9.93. The Labute approximate surface area is 156 Å². The lowest BCUT2D eigenvalue weighted by Crippen LogP contribution is -2.33. The number of carbonyl (C=O) groups excluding carboxylic acids is 3. The highest BCUT2D eigenvalue weighted by Gasteiger charge is 2.27. The maximum atomic E-state index is 12.7. The van der Waals surface area contributed by atoms with E-state index in [-0.39, 0.29) is 23.5 Å². The molecule has 1 aliphatic rings. The highest BCUT2D eigenvalue weighted by atomic mass is 16.2. The molecule has 1 aromatic heterocycles. The molecule has 0 spiro atoms. The molecule has 0 aliphatic carbocycles. The SMILES string of the molecule is CC(=O)c1cccc(NC(=O)c2ccc3[nH]c4c(c3c2)C(C)CNC4=O)c1. The summed E-state index contributed by atoms with van der Waals surface area (Å²) in [5, 5.41) is 6.57. The van der Waals surface area contributed by atoms with Crippen LogP contribution in [-0.2, 0) is 0 Å². The molecule has 0 fully saturated rings. The molecule has 1 unspecified atom stereocenters. The largest absolute Gasteiger partial charge is 0.350 e. The van der Waals surface area contributed by atoms with Crippen LogP contribution in [0.4, 0.5) is 5.69 Å². The number of aromatic amines is 1. The van der Waals surface area contributed by atoms with Gasteiger partial charge in [-0.2, -0.15) is 0 Å². The van der Waals surface area contributed by atoms with Gasteiger partial charge in [-0.25, -0.2) is 0 Å².